The van der Waals surface area contributed by atoms with Gasteiger partial charge in [-0.2, -0.15) is 0 Å². The van der Waals surface area contributed by atoms with E-state index in [9.17, 15) is 14.9 Å². The Morgan fingerprint density at radius 3 is 2.54 bits per heavy atom. The number of hydrogen-bond donors (Lipinski definition) is 0. The first-order valence-electron chi connectivity index (χ1n) is 12.3. The summed E-state index contributed by atoms with van der Waals surface area (Å²) in [6.45, 7) is 6.76. The number of hydrogen-bond acceptors (Lipinski definition) is 6. The van der Waals surface area contributed by atoms with Crippen molar-refractivity contribution in [2.24, 2.45) is 11.3 Å². The number of aromatic nitrogens is 1. The number of benzene rings is 2. The Bertz CT molecular complexity index is 1500. The highest BCUT2D eigenvalue weighted by atomic mass is 32.1. The highest BCUT2D eigenvalue weighted by Gasteiger charge is 2.35. The molecule has 0 unspecified atom stereocenters. The lowest BCUT2D eigenvalue weighted by molar-refractivity contribution is -0.384. The Balaban J connectivity index is 1.59. The predicted octanol–water partition coefficient (Wildman–Crippen LogP) is 7.71. The summed E-state index contributed by atoms with van der Waals surface area (Å²) in [6, 6.07) is 17.9. The van der Waals surface area contributed by atoms with Crippen molar-refractivity contribution >= 4 is 45.5 Å². The molecule has 188 valence electrons. The summed E-state index contributed by atoms with van der Waals surface area (Å²) in [5.74, 6) is -0.0753. The molecule has 0 fully saturated rings. The largest absolute Gasteiger partial charge is 0.457 e. The first-order chi connectivity index (χ1) is 17.7. The highest BCUT2D eigenvalue weighted by Crippen LogP contribution is 2.45. The van der Waals surface area contributed by atoms with Gasteiger partial charge < -0.3 is 4.74 Å². The van der Waals surface area contributed by atoms with Crippen LogP contribution in [0.4, 0.5) is 5.69 Å². The van der Waals surface area contributed by atoms with Crippen molar-refractivity contribution in [3.63, 3.8) is 0 Å². The number of carbonyl (C=O) groups is 1. The lowest BCUT2D eigenvalue weighted by atomic mass is 9.69. The molecule has 0 saturated carbocycles. The van der Waals surface area contributed by atoms with Crippen LogP contribution in [0, 0.1) is 21.4 Å². The fourth-order valence-electron chi connectivity index (χ4n) is 4.85. The number of thiophene rings is 1. The minimum Gasteiger partial charge on any atom is -0.457 e. The summed E-state index contributed by atoms with van der Waals surface area (Å²) < 4.78 is 5.80. The second-order valence-electron chi connectivity index (χ2n) is 10.5. The van der Waals surface area contributed by atoms with Gasteiger partial charge in [0.25, 0.3) is 5.69 Å². The van der Waals surface area contributed by atoms with Crippen LogP contribution in [0.2, 0.25) is 0 Å². The maximum absolute atomic E-state index is 13.7. The number of nitrogens with zero attached hydrogens (tertiary/aromatic N) is 2. The number of ether oxygens (including phenoxy) is 1. The number of non-ortho nitro benzene ring substituents is 1. The molecule has 0 spiro atoms. The summed E-state index contributed by atoms with van der Waals surface area (Å²) in [7, 11) is 0. The van der Waals surface area contributed by atoms with Crippen molar-refractivity contribution in [3.05, 3.63) is 103 Å². The maximum atomic E-state index is 13.7. The Kier molecular flexibility index (Phi) is 6.65. The van der Waals surface area contributed by atoms with Crippen LogP contribution in [-0.2, 0) is 17.8 Å². The van der Waals surface area contributed by atoms with Crippen molar-refractivity contribution in [1.29, 1.82) is 0 Å². The maximum Gasteiger partial charge on any atom is 0.339 e. The van der Waals surface area contributed by atoms with E-state index in [4.69, 9.17) is 9.72 Å². The molecule has 2 aromatic carbocycles. The van der Waals surface area contributed by atoms with Crippen molar-refractivity contribution in [2.75, 3.05) is 0 Å². The topological polar surface area (TPSA) is 82.3 Å². The molecule has 2 aromatic heterocycles. The van der Waals surface area contributed by atoms with Crippen LogP contribution in [0.1, 0.15) is 59.2 Å². The molecule has 0 amide bonds. The van der Waals surface area contributed by atoms with Crippen LogP contribution in [0.15, 0.2) is 66.0 Å². The highest BCUT2D eigenvalue weighted by molar-refractivity contribution is 7.10. The summed E-state index contributed by atoms with van der Waals surface area (Å²) in [6.07, 6.45) is 3.83. The second-order valence-corrected chi connectivity index (χ2v) is 11.5. The fraction of sp³-hybridized carbons (Fsp3) is 0.267. The number of pyridine rings is 1. The number of fused-ring (bicyclic) bond motifs is 2. The third kappa shape index (κ3) is 5.18. The van der Waals surface area contributed by atoms with Crippen LogP contribution in [0.5, 0.6) is 0 Å². The zero-order valence-electron chi connectivity index (χ0n) is 21.1. The Labute approximate surface area is 219 Å². The molecule has 7 heteroatoms. The Morgan fingerprint density at radius 1 is 1.11 bits per heavy atom. The van der Waals surface area contributed by atoms with E-state index in [-0.39, 0.29) is 17.7 Å². The van der Waals surface area contributed by atoms with Crippen LogP contribution >= 0.6 is 11.3 Å². The average Bonchev–Trinajstić information content (AvgIpc) is 3.38. The number of nitro benzene ring substituents is 1. The summed E-state index contributed by atoms with van der Waals surface area (Å²) in [5.41, 5.74) is 5.00. The first kappa shape index (κ1) is 24.8. The van der Waals surface area contributed by atoms with Gasteiger partial charge in [0, 0.05) is 22.4 Å². The van der Waals surface area contributed by atoms with Crippen molar-refractivity contribution in [2.45, 2.75) is 40.2 Å². The minimum absolute atomic E-state index is 0.00236. The second kappa shape index (κ2) is 9.90. The van der Waals surface area contributed by atoms with Crippen molar-refractivity contribution in [3.8, 4) is 0 Å². The van der Waals surface area contributed by atoms with Crippen LogP contribution in [0.3, 0.4) is 0 Å². The molecule has 1 aliphatic carbocycles. The molecular weight excluding hydrogens is 484 g/mol. The van der Waals surface area contributed by atoms with Crippen molar-refractivity contribution in [1.82, 2.24) is 4.98 Å². The molecule has 2 heterocycles. The molecule has 0 bridgehead atoms. The third-order valence-electron chi connectivity index (χ3n) is 7.02. The number of carbonyl (C=O) groups excluding carboxylic acids is 1. The van der Waals surface area contributed by atoms with E-state index in [1.165, 1.54) is 12.1 Å². The van der Waals surface area contributed by atoms with Crippen LogP contribution in [0.25, 0.3) is 22.6 Å². The molecular formula is C30H28N2O4S. The van der Waals surface area contributed by atoms with Crippen molar-refractivity contribution < 1.29 is 14.5 Å². The van der Waals surface area contributed by atoms with E-state index in [1.807, 2.05) is 30.3 Å². The van der Waals surface area contributed by atoms with E-state index in [1.54, 1.807) is 23.5 Å². The average molecular weight is 513 g/mol. The fourth-order valence-corrected chi connectivity index (χ4v) is 5.53. The standard InChI is InChI=1S/C30H28N2O4S/c1-30(2,3)21-15-20(16-23-7-6-14-37-23)28-25(17-21)27(24-8-4-5-9-26(24)31-28)29(33)36-18-19-10-12-22(13-11-19)32(34)35/h4-14,16,21H,15,17-18H2,1-3H3/b20-16-/t21-/m0/s1. The molecule has 0 aliphatic heterocycles. The Morgan fingerprint density at radius 2 is 1.86 bits per heavy atom. The SMILES string of the molecule is CC(C)(C)[C@H]1C/C(=C/c2cccs2)c2nc3ccccc3c(C(=O)OCc3ccc([N+](=O)[O-])cc3)c2C1. The summed E-state index contributed by atoms with van der Waals surface area (Å²) >= 11 is 1.68. The summed E-state index contributed by atoms with van der Waals surface area (Å²) in [5, 5.41) is 13.8. The lowest BCUT2D eigenvalue weighted by Gasteiger charge is -2.36. The number of esters is 1. The van der Waals surface area contributed by atoms with E-state index in [2.05, 4.69) is 38.3 Å². The minimum atomic E-state index is -0.446. The quantitative estimate of drug-likeness (QED) is 0.155. The molecule has 6 nitrogen and oxygen atoms in total. The zero-order chi connectivity index (χ0) is 26.2. The van der Waals surface area contributed by atoms with Gasteiger partial charge in [-0.3, -0.25) is 10.1 Å². The van der Waals surface area contributed by atoms with E-state index < -0.39 is 10.9 Å². The number of para-hydroxylation sites is 1. The number of nitro groups is 1. The first-order valence-corrected chi connectivity index (χ1v) is 13.1. The van der Waals surface area contributed by atoms with Gasteiger partial charge >= 0.3 is 5.97 Å². The molecule has 37 heavy (non-hydrogen) atoms. The summed E-state index contributed by atoms with van der Waals surface area (Å²) in [4.78, 5) is 30.4. The van der Waals surface area contributed by atoms with Gasteiger partial charge in [0.2, 0.25) is 0 Å². The van der Waals surface area contributed by atoms with Gasteiger partial charge in [0.1, 0.15) is 6.61 Å². The van der Waals surface area contributed by atoms with Gasteiger partial charge in [-0.15, -0.1) is 11.3 Å². The Hall–Kier alpha value is -3.84. The number of rotatable bonds is 5. The van der Waals surface area contributed by atoms with E-state index in [0.717, 1.165) is 45.5 Å². The molecule has 5 rings (SSSR count). The van der Waals surface area contributed by atoms with Crippen LogP contribution in [-0.4, -0.2) is 15.9 Å². The molecule has 0 saturated heterocycles. The lowest BCUT2D eigenvalue weighted by Crippen LogP contribution is -2.28. The van der Waals surface area contributed by atoms with E-state index >= 15 is 0 Å². The predicted molar refractivity (Wildman–Crippen MR) is 147 cm³/mol. The monoisotopic (exact) mass is 512 g/mol. The third-order valence-corrected chi connectivity index (χ3v) is 7.84. The van der Waals surface area contributed by atoms with Gasteiger partial charge in [-0.1, -0.05) is 45.0 Å². The van der Waals surface area contributed by atoms with E-state index in [0.29, 0.717) is 17.0 Å². The van der Waals surface area contributed by atoms with Gasteiger partial charge in [-0.05, 0) is 76.6 Å². The normalized spacial score (nSPS) is 16.5. The zero-order valence-corrected chi connectivity index (χ0v) is 21.9. The van der Waals surface area contributed by atoms with Gasteiger partial charge in [0.15, 0.2) is 0 Å². The van der Waals surface area contributed by atoms with Gasteiger partial charge in [-0.25, -0.2) is 9.78 Å². The molecule has 4 aromatic rings. The van der Waals surface area contributed by atoms with Crippen LogP contribution < -0.4 is 0 Å². The smallest absolute Gasteiger partial charge is 0.339 e. The van der Waals surface area contributed by atoms with Gasteiger partial charge in [0.05, 0.1) is 21.7 Å². The molecule has 0 N–H and O–H groups in total. The number of allylic oxidation sites excluding steroid dienone is 1. The molecule has 1 aliphatic rings. The molecule has 1 atom stereocenters. The molecule has 0 radical (unpaired) electrons.